The highest BCUT2D eigenvalue weighted by Gasteiger charge is 2.24. The van der Waals surface area contributed by atoms with Crippen LogP contribution >= 0.6 is 11.5 Å². The van der Waals surface area contributed by atoms with Crippen molar-refractivity contribution in [3.8, 4) is 11.5 Å². The first-order chi connectivity index (χ1) is 9.13. The number of aromatic carboxylic acids is 1. The average molecular weight is 280 g/mol. The van der Waals surface area contributed by atoms with Gasteiger partial charge in [0.2, 0.25) is 0 Å². The van der Waals surface area contributed by atoms with Gasteiger partial charge in [-0.25, -0.2) is 9.59 Å². The van der Waals surface area contributed by atoms with E-state index < -0.39 is 17.6 Å². The number of para-hydroxylation sites is 2. The number of carboxylic acids is 1. The second kappa shape index (κ2) is 5.44. The highest BCUT2D eigenvalue weighted by atomic mass is 32.1. The fraction of sp³-hybridized carbons (Fsp3) is 0.0909. The summed E-state index contributed by atoms with van der Waals surface area (Å²) < 4.78 is 13.5. The van der Waals surface area contributed by atoms with Gasteiger partial charge in [0, 0.05) is 0 Å². The molecule has 0 unspecified atom stereocenters. The van der Waals surface area contributed by atoms with Gasteiger partial charge < -0.3 is 14.6 Å². The third-order valence-corrected chi connectivity index (χ3v) is 2.85. The lowest BCUT2D eigenvalue weighted by Gasteiger charge is -2.07. The van der Waals surface area contributed by atoms with Crippen molar-refractivity contribution < 1.29 is 24.2 Å². The Morgan fingerprint density at radius 2 is 1.95 bits per heavy atom. The molecule has 1 aromatic carbocycles. The molecule has 0 spiro atoms. The van der Waals surface area contributed by atoms with Gasteiger partial charge in [0.1, 0.15) is 0 Å². The predicted molar refractivity (Wildman–Crippen MR) is 64.8 cm³/mol. The fourth-order valence-corrected chi connectivity index (χ4v) is 1.85. The van der Waals surface area contributed by atoms with E-state index in [0.717, 1.165) is 0 Å². The summed E-state index contributed by atoms with van der Waals surface area (Å²) in [6.07, 6.45) is 0. The molecule has 0 fully saturated rings. The van der Waals surface area contributed by atoms with Crippen molar-refractivity contribution in [3.63, 3.8) is 0 Å². The molecule has 0 amide bonds. The van der Waals surface area contributed by atoms with E-state index in [4.69, 9.17) is 14.6 Å². The van der Waals surface area contributed by atoms with Crippen molar-refractivity contribution in [2.24, 2.45) is 0 Å². The van der Waals surface area contributed by atoms with Gasteiger partial charge in [-0.15, -0.1) is 5.10 Å². The Kier molecular flexibility index (Phi) is 3.71. The minimum absolute atomic E-state index is 0.168. The normalized spacial score (nSPS) is 9.95. The molecule has 7 nitrogen and oxygen atoms in total. The highest BCUT2D eigenvalue weighted by molar-refractivity contribution is 7.08. The van der Waals surface area contributed by atoms with Gasteiger partial charge in [0.05, 0.1) is 7.11 Å². The summed E-state index contributed by atoms with van der Waals surface area (Å²) in [5.74, 6) is -1.61. The lowest BCUT2D eigenvalue weighted by molar-refractivity contribution is 0.0664. The molecule has 0 bridgehead atoms. The molecule has 1 N–H and O–H groups in total. The van der Waals surface area contributed by atoms with Gasteiger partial charge in [-0.05, 0) is 23.7 Å². The predicted octanol–water partition coefficient (Wildman–Crippen LogP) is 1.46. The molecule has 2 aromatic rings. The Bertz CT molecular complexity index is 625. The Morgan fingerprint density at radius 3 is 2.58 bits per heavy atom. The number of ether oxygens (including phenoxy) is 2. The van der Waals surface area contributed by atoms with Crippen molar-refractivity contribution in [1.29, 1.82) is 0 Å². The third kappa shape index (κ3) is 2.68. The van der Waals surface area contributed by atoms with Crippen LogP contribution in [0.4, 0.5) is 0 Å². The van der Waals surface area contributed by atoms with Crippen molar-refractivity contribution in [2.75, 3.05) is 7.11 Å². The minimum atomic E-state index is -1.33. The first kappa shape index (κ1) is 13.0. The van der Waals surface area contributed by atoms with Crippen LogP contribution in [0.3, 0.4) is 0 Å². The number of hydrogen-bond donors (Lipinski definition) is 1. The molecule has 98 valence electrons. The molecule has 0 saturated carbocycles. The Morgan fingerprint density at radius 1 is 1.26 bits per heavy atom. The van der Waals surface area contributed by atoms with Gasteiger partial charge in [-0.2, -0.15) is 0 Å². The van der Waals surface area contributed by atoms with E-state index in [1.807, 2.05) is 0 Å². The summed E-state index contributed by atoms with van der Waals surface area (Å²) in [6.45, 7) is 0. The van der Waals surface area contributed by atoms with E-state index in [2.05, 4.69) is 9.59 Å². The van der Waals surface area contributed by atoms with E-state index in [1.54, 1.807) is 18.2 Å². The molecule has 0 aliphatic carbocycles. The van der Waals surface area contributed by atoms with Crippen molar-refractivity contribution in [3.05, 3.63) is 34.8 Å². The minimum Gasteiger partial charge on any atom is -0.493 e. The number of esters is 1. The molecule has 0 aliphatic rings. The fourth-order valence-electron chi connectivity index (χ4n) is 1.31. The zero-order valence-electron chi connectivity index (χ0n) is 9.69. The number of hydrogen-bond acceptors (Lipinski definition) is 7. The number of carbonyl (C=O) groups is 2. The number of rotatable bonds is 4. The van der Waals surface area contributed by atoms with Crippen LogP contribution in [0.25, 0.3) is 0 Å². The topological polar surface area (TPSA) is 98.6 Å². The van der Waals surface area contributed by atoms with E-state index in [0.29, 0.717) is 17.3 Å². The second-order valence-electron chi connectivity index (χ2n) is 3.30. The summed E-state index contributed by atoms with van der Waals surface area (Å²) >= 11 is 0.661. The molecule has 1 aromatic heterocycles. The van der Waals surface area contributed by atoms with Crippen LogP contribution in [0.5, 0.6) is 11.5 Å². The Labute approximate surface area is 111 Å². The number of carboxylic acid groups (broad SMARTS) is 1. The number of nitrogens with zero attached hydrogens (tertiary/aromatic N) is 2. The van der Waals surface area contributed by atoms with Gasteiger partial charge in [0.15, 0.2) is 22.1 Å². The van der Waals surface area contributed by atoms with Crippen molar-refractivity contribution in [2.45, 2.75) is 0 Å². The monoisotopic (exact) mass is 280 g/mol. The van der Waals surface area contributed by atoms with Crippen LogP contribution in [0.1, 0.15) is 20.2 Å². The summed E-state index contributed by atoms with van der Waals surface area (Å²) in [5, 5.41) is 12.2. The molecule has 0 radical (unpaired) electrons. The van der Waals surface area contributed by atoms with Gasteiger partial charge in [0.25, 0.3) is 0 Å². The van der Waals surface area contributed by atoms with E-state index in [-0.39, 0.29) is 10.6 Å². The molecule has 0 saturated heterocycles. The van der Waals surface area contributed by atoms with Crippen LogP contribution in [0.2, 0.25) is 0 Å². The van der Waals surface area contributed by atoms with E-state index in [1.165, 1.54) is 13.2 Å². The van der Waals surface area contributed by atoms with Crippen LogP contribution in [-0.2, 0) is 0 Å². The lowest BCUT2D eigenvalue weighted by Crippen LogP contribution is -2.12. The van der Waals surface area contributed by atoms with Crippen LogP contribution < -0.4 is 9.47 Å². The first-order valence-electron chi connectivity index (χ1n) is 5.04. The lowest BCUT2D eigenvalue weighted by atomic mass is 10.3. The zero-order valence-corrected chi connectivity index (χ0v) is 10.5. The van der Waals surface area contributed by atoms with Crippen LogP contribution in [-0.4, -0.2) is 33.7 Å². The standard InChI is InChI=1S/C11H8N2O5S/c1-17-6-4-2-3-5-7(6)18-11(16)9-8(10(14)15)12-13-19-9/h2-5H,1H3,(H,14,15). The van der Waals surface area contributed by atoms with Gasteiger partial charge in [-0.1, -0.05) is 16.6 Å². The van der Waals surface area contributed by atoms with E-state index in [9.17, 15) is 9.59 Å². The van der Waals surface area contributed by atoms with Gasteiger partial charge >= 0.3 is 11.9 Å². The van der Waals surface area contributed by atoms with Crippen LogP contribution in [0, 0.1) is 0 Å². The number of benzene rings is 1. The third-order valence-electron chi connectivity index (χ3n) is 2.15. The number of methoxy groups -OCH3 is 1. The highest BCUT2D eigenvalue weighted by Crippen LogP contribution is 2.27. The Hall–Kier alpha value is -2.48. The Balaban J connectivity index is 2.26. The number of aromatic nitrogens is 2. The summed E-state index contributed by atoms with van der Waals surface area (Å²) in [4.78, 5) is 22.5. The maximum atomic E-state index is 11.9. The zero-order chi connectivity index (χ0) is 13.8. The molecule has 8 heteroatoms. The summed E-state index contributed by atoms with van der Waals surface area (Å²) in [5.41, 5.74) is -0.426. The maximum absolute atomic E-state index is 11.9. The molecule has 2 rings (SSSR count). The maximum Gasteiger partial charge on any atom is 0.358 e. The first-order valence-corrected chi connectivity index (χ1v) is 5.81. The molecule has 0 atom stereocenters. The second-order valence-corrected chi connectivity index (χ2v) is 4.05. The molecular weight excluding hydrogens is 272 g/mol. The SMILES string of the molecule is COc1ccccc1OC(=O)c1snnc1C(=O)O. The van der Waals surface area contributed by atoms with E-state index >= 15 is 0 Å². The van der Waals surface area contributed by atoms with Crippen LogP contribution in [0.15, 0.2) is 24.3 Å². The largest absolute Gasteiger partial charge is 0.493 e. The summed E-state index contributed by atoms with van der Waals surface area (Å²) in [6, 6.07) is 6.53. The molecular formula is C11H8N2O5S. The average Bonchev–Trinajstić information content (AvgIpc) is 2.88. The quantitative estimate of drug-likeness (QED) is 0.668. The number of carbonyl (C=O) groups excluding carboxylic acids is 1. The van der Waals surface area contributed by atoms with Gasteiger partial charge in [-0.3, -0.25) is 0 Å². The van der Waals surface area contributed by atoms with Crippen molar-refractivity contribution in [1.82, 2.24) is 9.59 Å². The molecule has 0 aliphatic heterocycles. The molecule has 1 heterocycles. The summed E-state index contributed by atoms with van der Waals surface area (Å²) in [7, 11) is 1.43. The molecule has 19 heavy (non-hydrogen) atoms. The smallest absolute Gasteiger partial charge is 0.358 e. The van der Waals surface area contributed by atoms with Crippen molar-refractivity contribution >= 4 is 23.5 Å².